The monoisotopic (exact) mass is 316 g/mol. The molecule has 2 atom stereocenters. The molecule has 0 saturated carbocycles. The van der Waals surface area contributed by atoms with E-state index in [2.05, 4.69) is 10.6 Å². The number of hydrogen-bond acceptors (Lipinski definition) is 2. The van der Waals surface area contributed by atoms with E-state index in [1.165, 1.54) is 12.1 Å². The van der Waals surface area contributed by atoms with E-state index in [4.69, 9.17) is 0 Å². The van der Waals surface area contributed by atoms with E-state index >= 15 is 0 Å². The zero-order valence-corrected chi connectivity index (χ0v) is 13.1. The Balaban J connectivity index is 2.52. The molecule has 0 aliphatic heterocycles. The van der Waals surface area contributed by atoms with Crippen molar-refractivity contribution in [3.63, 3.8) is 0 Å². The average Bonchev–Trinajstić information content (AvgIpc) is 2.46. The van der Waals surface area contributed by atoms with Crippen molar-refractivity contribution in [2.75, 3.05) is 20.1 Å². The standard InChI is InChI=1S/C16H23F3N2O/c1-11(7-8-21-15(22)12(2)10-20-3)13-5-4-6-14(9-13)16(17,18)19/h4-6,9,11-12,20H,7-8,10H2,1-3H3,(H,21,22). The molecule has 0 bridgehead atoms. The minimum absolute atomic E-state index is 0.0504. The second kappa shape index (κ2) is 8.17. The van der Waals surface area contributed by atoms with Crippen LogP contribution in [-0.2, 0) is 11.0 Å². The predicted molar refractivity (Wildman–Crippen MR) is 80.6 cm³/mol. The van der Waals surface area contributed by atoms with E-state index in [9.17, 15) is 18.0 Å². The van der Waals surface area contributed by atoms with Crippen molar-refractivity contribution >= 4 is 5.91 Å². The molecule has 1 rings (SSSR count). The number of benzene rings is 1. The van der Waals surface area contributed by atoms with Gasteiger partial charge in [0.05, 0.1) is 5.56 Å². The molecule has 22 heavy (non-hydrogen) atoms. The molecule has 2 N–H and O–H groups in total. The van der Waals surface area contributed by atoms with Crippen LogP contribution in [0.1, 0.15) is 37.3 Å². The van der Waals surface area contributed by atoms with Crippen LogP contribution in [0.25, 0.3) is 0 Å². The fourth-order valence-corrected chi connectivity index (χ4v) is 2.17. The maximum atomic E-state index is 12.7. The minimum atomic E-state index is -4.33. The molecule has 0 fully saturated rings. The summed E-state index contributed by atoms with van der Waals surface area (Å²) in [5, 5.41) is 5.74. The highest BCUT2D eigenvalue weighted by Crippen LogP contribution is 2.31. The van der Waals surface area contributed by atoms with Gasteiger partial charge in [0.25, 0.3) is 0 Å². The highest BCUT2D eigenvalue weighted by Gasteiger charge is 2.30. The van der Waals surface area contributed by atoms with Crippen LogP contribution in [0.5, 0.6) is 0 Å². The van der Waals surface area contributed by atoms with Crippen molar-refractivity contribution in [3.8, 4) is 0 Å². The van der Waals surface area contributed by atoms with Gasteiger partial charge in [-0.1, -0.05) is 32.0 Å². The molecule has 0 saturated heterocycles. The lowest BCUT2D eigenvalue weighted by Crippen LogP contribution is -2.35. The summed E-state index contributed by atoms with van der Waals surface area (Å²) in [5.41, 5.74) is -0.00382. The number of amides is 1. The molecule has 1 aromatic rings. The summed E-state index contributed by atoms with van der Waals surface area (Å²) in [6, 6.07) is 5.35. The molecule has 0 heterocycles. The van der Waals surface area contributed by atoms with Gasteiger partial charge in [0, 0.05) is 19.0 Å². The topological polar surface area (TPSA) is 41.1 Å². The molecule has 2 unspecified atom stereocenters. The Kier molecular flexibility index (Phi) is 6.87. The first-order chi connectivity index (χ1) is 10.3. The van der Waals surface area contributed by atoms with Crippen LogP contribution < -0.4 is 10.6 Å². The minimum Gasteiger partial charge on any atom is -0.356 e. The number of alkyl halides is 3. The Bertz CT molecular complexity index is 489. The van der Waals surface area contributed by atoms with Crippen molar-refractivity contribution in [3.05, 3.63) is 35.4 Å². The Morgan fingerprint density at radius 3 is 2.55 bits per heavy atom. The molecular formula is C16H23F3N2O. The lowest BCUT2D eigenvalue weighted by Gasteiger charge is -2.16. The molecule has 0 spiro atoms. The van der Waals surface area contributed by atoms with Gasteiger partial charge in [0.1, 0.15) is 0 Å². The highest BCUT2D eigenvalue weighted by molar-refractivity contribution is 5.78. The van der Waals surface area contributed by atoms with Crippen molar-refractivity contribution in [1.82, 2.24) is 10.6 Å². The third-order valence-corrected chi connectivity index (χ3v) is 3.62. The highest BCUT2D eigenvalue weighted by atomic mass is 19.4. The smallest absolute Gasteiger partial charge is 0.356 e. The molecule has 3 nitrogen and oxygen atoms in total. The lowest BCUT2D eigenvalue weighted by atomic mass is 9.96. The number of halogens is 3. The van der Waals surface area contributed by atoms with E-state index in [0.29, 0.717) is 25.1 Å². The molecular weight excluding hydrogens is 293 g/mol. The third-order valence-electron chi connectivity index (χ3n) is 3.62. The van der Waals surface area contributed by atoms with Gasteiger partial charge in [-0.05, 0) is 31.0 Å². The normalized spacial score (nSPS) is 14.5. The van der Waals surface area contributed by atoms with E-state index in [1.54, 1.807) is 13.1 Å². The van der Waals surface area contributed by atoms with Crippen molar-refractivity contribution in [2.45, 2.75) is 32.4 Å². The van der Waals surface area contributed by atoms with Gasteiger partial charge in [-0.2, -0.15) is 13.2 Å². The number of carbonyl (C=O) groups excluding carboxylic acids is 1. The van der Waals surface area contributed by atoms with Crippen LogP contribution in [0.2, 0.25) is 0 Å². The Hall–Kier alpha value is -1.56. The van der Waals surface area contributed by atoms with Gasteiger partial charge < -0.3 is 10.6 Å². The second-order valence-corrected chi connectivity index (χ2v) is 5.56. The fraction of sp³-hybridized carbons (Fsp3) is 0.562. The zero-order chi connectivity index (χ0) is 16.8. The van der Waals surface area contributed by atoms with E-state index in [-0.39, 0.29) is 17.7 Å². The van der Waals surface area contributed by atoms with Gasteiger partial charge >= 0.3 is 6.18 Å². The molecule has 0 aromatic heterocycles. The summed E-state index contributed by atoms with van der Waals surface area (Å²) in [6.07, 6.45) is -3.73. The summed E-state index contributed by atoms with van der Waals surface area (Å²) in [7, 11) is 1.78. The van der Waals surface area contributed by atoms with E-state index < -0.39 is 11.7 Å². The zero-order valence-electron chi connectivity index (χ0n) is 13.1. The maximum absolute atomic E-state index is 12.7. The summed E-state index contributed by atoms with van der Waals surface area (Å²) in [5.74, 6) is -0.235. The van der Waals surface area contributed by atoms with Gasteiger partial charge in [-0.25, -0.2) is 0 Å². The number of hydrogen-bond donors (Lipinski definition) is 2. The van der Waals surface area contributed by atoms with Crippen LogP contribution in [0.4, 0.5) is 13.2 Å². The third kappa shape index (κ3) is 5.67. The Morgan fingerprint density at radius 2 is 1.95 bits per heavy atom. The van der Waals surface area contributed by atoms with Crippen LogP contribution in [0.15, 0.2) is 24.3 Å². The van der Waals surface area contributed by atoms with Crippen molar-refractivity contribution in [2.24, 2.45) is 5.92 Å². The first-order valence-corrected chi connectivity index (χ1v) is 7.35. The lowest BCUT2D eigenvalue weighted by molar-refractivity contribution is -0.137. The first kappa shape index (κ1) is 18.5. The van der Waals surface area contributed by atoms with Gasteiger partial charge in [-0.3, -0.25) is 4.79 Å². The molecule has 0 aliphatic carbocycles. The van der Waals surface area contributed by atoms with Gasteiger partial charge in [-0.15, -0.1) is 0 Å². The van der Waals surface area contributed by atoms with Gasteiger partial charge in [0.15, 0.2) is 0 Å². The quantitative estimate of drug-likeness (QED) is 0.811. The van der Waals surface area contributed by atoms with E-state index in [0.717, 1.165) is 6.07 Å². The molecule has 124 valence electrons. The fourth-order valence-electron chi connectivity index (χ4n) is 2.17. The Morgan fingerprint density at radius 1 is 1.27 bits per heavy atom. The molecule has 1 aromatic carbocycles. The predicted octanol–water partition coefficient (Wildman–Crippen LogP) is 3.17. The number of carbonyl (C=O) groups is 1. The van der Waals surface area contributed by atoms with Crippen LogP contribution in [0.3, 0.4) is 0 Å². The van der Waals surface area contributed by atoms with Gasteiger partial charge in [0.2, 0.25) is 5.91 Å². The summed E-state index contributed by atoms with van der Waals surface area (Å²) in [4.78, 5) is 11.7. The molecule has 6 heteroatoms. The van der Waals surface area contributed by atoms with Crippen molar-refractivity contribution < 1.29 is 18.0 Å². The van der Waals surface area contributed by atoms with Crippen LogP contribution in [-0.4, -0.2) is 26.0 Å². The SMILES string of the molecule is CNCC(C)C(=O)NCCC(C)c1cccc(C(F)(F)F)c1. The first-order valence-electron chi connectivity index (χ1n) is 7.35. The number of rotatable bonds is 7. The van der Waals surface area contributed by atoms with Crippen LogP contribution in [0, 0.1) is 5.92 Å². The second-order valence-electron chi connectivity index (χ2n) is 5.56. The summed E-state index contributed by atoms with van der Waals surface area (Å²) in [6.45, 7) is 4.72. The molecule has 0 aliphatic rings. The average molecular weight is 316 g/mol. The molecule has 0 radical (unpaired) electrons. The Labute approximate surface area is 129 Å². The number of nitrogens with one attached hydrogen (secondary N) is 2. The molecule has 1 amide bonds. The summed E-state index contributed by atoms with van der Waals surface area (Å²) >= 11 is 0. The largest absolute Gasteiger partial charge is 0.416 e. The van der Waals surface area contributed by atoms with E-state index in [1.807, 2.05) is 13.8 Å². The maximum Gasteiger partial charge on any atom is 0.416 e. The van der Waals surface area contributed by atoms with Crippen LogP contribution >= 0.6 is 0 Å². The van der Waals surface area contributed by atoms with Crippen molar-refractivity contribution in [1.29, 1.82) is 0 Å². The summed E-state index contributed by atoms with van der Waals surface area (Å²) < 4.78 is 38.1.